The second-order valence-electron chi connectivity index (χ2n) is 3.06. The number of fused-ring (bicyclic) bond motifs is 1. The van der Waals surface area contributed by atoms with Crippen LogP contribution in [0.3, 0.4) is 0 Å². The molecule has 0 unspecified atom stereocenters. The van der Waals surface area contributed by atoms with Crippen molar-refractivity contribution in [3.8, 4) is 0 Å². The Morgan fingerprint density at radius 1 is 1.35 bits per heavy atom. The Balaban J connectivity index is 2.87. The molecule has 2 heterocycles. The van der Waals surface area contributed by atoms with Crippen molar-refractivity contribution >= 4 is 23.2 Å². The van der Waals surface area contributed by atoms with E-state index in [-0.39, 0.29) is 0 Å². The van der Waals surface area contributed by atoms with Gasteiger partial charge in [0.15, 0.2) is 5.65 Å². The minimum absolute atomic E-state index is 0.405. The van der Waals surface area contributed by atoms with Gasteiger partial charge in [-0.05, 0) is 23.7 Å². The molecule has 5 nitrogen and oxygen atoms in total. The molecule has 0 spiro atoms. The lowest BCUT2D eigenvalue weighted by atomic mass is 10.2. The van der Waals surface area contributed by atoms with E-state index in [0.717, 1.165) is 6.07 Å². The highest BCUT2D eigenvalue weighted by molar-refractivity contribution is 6.28. The van der Waals surface area contributed by atoms with Gasteiger partial charge >= 0.3 is 12.1 Å². The molecule has 0 atom stereocenters. The highest BCUT2D eigenvalue weighted by atomic mass is 35.5. The van der Waals surface area contributed by atoms with Gasteiger partial charge in [-0.2, -0.15) is 13.2 Å². The number of aromatic carboxylic acids is 1. The Hall–Kier alpha value is -1.83. The summed E-state index contributed by atoms with van der Waals surface area (Å²) in [6.45, 7) is 0. The van der Waals surface area contributed by atoms with Crippen LogP contribution in [0.25, 0.3) is 5.65 Å². The van der Waals surface area contributed by atoms with Crippen molar-refractivity contribution in [3.63, 3.8) is 0 Å². The maximum absolute atomic E-state index is 12.6. The van der Waals surface area contributed by atoms with Crippen LogP contribution in [0.1, 0.15) is 16.1 Å². The van der Waals surface area contributed by atoms with E-state index in [1.807, 2.05) is 0 Å². The van der Waals surface area contributed by atoms with Gasteiger partial charge in [0.1, 0.15) is 11.3 Å². The molecule has 17 heavy (non-hydrogen) atoms. The summed E-state index contributed by atoms with van der Waals surface area (Å²) in [4.78, 5) is 10.8. The van der Waals surface area contributed by atoms with E-state index in [9.17, 15) is 18.0 Å². The first kappa shape index (κ1) is 11.6. The smallest absolute Gasteiger partial charge is 0.431 e. The van der Waals surface area contributed by atoms with Crippen molar-refractivity contribution in [2.24, 2.45) is 0 Å². The lowest BCUT2D eigenvalue weighted by molar-refractivity contribution is -0.142. The Kier molecular flexibility index (Phi) is 2.46. The summed E-state index contributed by atoms with van der Waals surface area (Å²) in [5.74, 6) is -1.41. The van der Waals surface area contributed by atoms with Crippen LogP contribution in [0.4, 0.5) is 13.2 Å². The molecule has 90 valence electrons. The molecule has 1 N–H and O–H groups in total. The van der Waals surface area contributed by atoms with Gasteiger partial charge in [-0.3, -0.25) is 4.40 Å². The Bertz CT molecular complexity index is 608. The lowest BCUT2D eigenvalue weighted by Crippen LogP contribution is -2.13. The molecule has 0 saturated heterocycles. The number of hydrogen-bond donors (Lipinski definition) is 1. The largest absolute Gasteiger partial charge is 0.478 e. The van der Waals surface area contributed by atoms with Gasteiger partial charge in [0.25, 0.3) is 0 Å². The maximum Gasteiger partial charge on any atom is 0.431 e. The molecule has 0 saturated carbocycles. The molecule has 0 bridgehead atoms. The summed E-state index contributed by atoms with van der Waals surface area (Å²) in [5.41, 5.74) is -1.98. The summed E-state index contributed by atoms with van der Waals surface area (Å²) in [6, 6.07) is 1.43. The number of pyridine rings is 1. The van der Waals surface area contributed by atoms with Crippen LogP contribution in [0.5, 0.6) is 0 Å². The zero-order valence-electron chi connectivity index (χ0n) is 7.86. The third kappa shape index (κ3) is 1.80. The zero-order chi connectivity index (χ0) is 12.8. The number of hydrogen-bond acceptors (Lipinski definition) is 3. The molecule has 0 amide bonds. The zero-order valence-corrected chi connectivity index (χ0v) is 8.62. The monoisotopic (exact) mass is 265 g/mol. The highest BCUT2D eigenvalue weighted by Crippen LogP contribution is 2.31. The van der Waals surface area contributed by atoms with Gasteiger partial charge in [-0.25, -0.2) is 4.79 Å². The fourth-order valence-electron chi connectivity index (χ4n) is 1.35. The van der Waals surface area contributed by atoms with Crippen LogP contribution in [0, 0.1) is 0 Å². The van der Waals surface area contributed by atoms with Crippen molar-refractivity contribution in [1.29, 1.82) is 0 Å². The number of halogens is 4. The molecule has 2 aromatic heterocycles. The first-order chi connectivity index (χ1) is 7.82. The van der Waals surface area contributed by atoms with Crippen molar-refractivity contribution in [2.45, 2.75) is 6.18 Å². The lowest BCUT2D eigenvalue weighted by Gasteiger charge is -2.10. The molecular weight excluding hydrogens is 263 g/mol. The van der Waals surface area contributed by atoms with Crippen molar-refractivity contribution in [1.82, 2.24) is 14.6 Å². The van der Waals surface area contributed by atoms with Crippen LogP contribution in [0.2, 0.25) is 5.28 Å². The third-order valence-corrected chi connectivity index (χ3v) is 2.28. The van der Waals surface area contributed by atoms with Gasteiger partial charge < -0.3 is 5.11 Å². The van der Waals surface area contributed by atoms with Crippen molar-refractivity contribution in [2.75, 3.05) is 0 Å². The Labute approximate surface area is 96.4 Å². The maximum atomic E-state index is 12.6. The van der Waals surface area contributed by atoms with E-state index in [1.165, 1.54) is 0 Å². The van der Waals surface area contributed by atoms with Gasteiger partial charge in [-0.1, -0.05) is 0 Å². The van der Waals surface area contributed by atoms with Crippen LogP contribution in [-0.4, -0.2) is 25.7 Å². The summed E-state index contributed by atoms with van der Waals surface area (Å²) in [7, 11) is 0. The molecule has 9 heteroatoms. The fourth-order valence-corrected chi connectivity index (χ4v) is 1.56. The summed E-state index contributed by atoms with van der Waals surface area (Å²) < 4.78 is 38.3. The predicted octanol–water partition coefficient (Wildman–Crippen LogP) is 2.10. The van der Waals surface area contributed by atoms with Gasteiger partial charge in [0.2, 0.25) is 5.28 Å². The van der Waals surface area contributed by atoms with Gasteiger partial charge in [-0.15, -0.1) is 10.2 Å². The SMILES string of the molecule is O=C(O)c1ccc(C(F)(F)F)n2c(Cl)nnc12. The topological polar surface area (TPSA) is 67.5 Å². The molecule has 0 aliphatic rings. The second kappa shape index (κ2) is 3.59. The van der Waals surface area contributed by atoms with E-state index >= 15 is 0 Å². The summed E-state index contributed by atoms with van der Waals surface area (Å²) >= 11 is 5.46. The average molecular weight is 266 g/mol. The molecule has 0 fully saturated rings. The molecule has 2 rings (SSSR count). The highest BCUT2D eigenvalue weighted by Gasteiger charge is 2.35. The number of nitrogens with zero attached hydrogens (tertiary/aromatic N) is 3. The van der Waals surface area contributed by atoms with Crippen LogP contribution in [0.15, 0.2) is 12.1 Å². The molecule has 0 aliphatic heterocycles. The molecule has 0 aromatic carbocycles. The normalized spacial score (nSPS) is 12.0. The quantitative estimate of drug-likeness (QED) is 0.857. The Morgan fingerprint density at radius 3 is 2.53 bits per heavy atom. The van der Waals surface area contributed by atoms with Gasteiger partial charge in [0.05, 0.1) is 0 Å². The second-order valence-corrected chi connectivity index (χ2v) is 3.40. The summed E-state index contributed by atoms with van der Waals surface area (Å²) in [6.07, 6.45) is -4.68. The van der Waals surface area contributed by atoms with E-state index in [1.54, 1.807) is 0 Å². The first-order valence-corrected chi connectivity index (χ1v) is 4.54. The fraction of sp³-hybridized carbons (Fsp3) is 0.125. The van der Waals surface area contributed by atoms with E-state index in [4.69, 9.17) is 16.7 Å². The third-order valence-electron chi connectivity index (χ3n) is 2.03. The van der Waals surface area contributed by atoms with E-state index in [2.05, 4.69) is 10.2 Å². The number of carboxylic acids is 1. The summed E-state index contributed by atoms with van der Waals surface area (Å²) in [5, 5.41) is 14.8. The van der Waals surface area contributed by atoms with E-state index in [0.29, 0.717) is 10.5 Å². The number of alkyl halides is 3. The molecule has 0 aliphatic carbocycles. The minimum atomic E-state index is -4.68. The molecule has 0 radical (unpaired) electrons. The predicted molar refractivity (Wildman–Crippen MR) is 50.0 cm³/mol. The standard InChI is InChI=1S/C8H3ClF3N3O2/c9-7-14-13-5-3(6(16)17)1-2-4(15(5)7)8(10,11)12/h1-2H,(H,16,17). The van der Waals surface area contributed by atoms with Crippen LogP contribution >= 0.6 is 11.6 Å². The minimum Gasteiger partial charge on any atom is -0.478 e. The molecule has 2 aromatic rings. The number of carbonyl (C=O) groups is 1. The van der Waals surface area contributed by atoms with Crippen molar-refractivity contribution < 1.29 is 23.1 Å². The van der Waals surface area contributed by atoms with Crippen molar-refractivity contribution in [3.05, 3.63) is 28.7 Å². The first-order valence-electron chi connectivity index (χ1n) is 4.16. The number of rotatable bonds is 1. The molecular formula is C8H3ClF3N3O2. The van der Waals surface area contributed by atoms with Gasteiger partial charge in [0, 0.05) is 0 Å². The average Bonchev–Trinajstić information content (AvgIpc) is 2.58. The number of carboxylic acid groups (broad SMARTS) is 1. The Morgan fingerprint density at radius 2 is 2.00 bits per heavy atom. The number of aromatic nitrogens is 3. The van der Waals surface area contributed by atoms with Crippen LogP contribution < -0.4 is 0 Å². The van der Waals surface area contributed by atoms with E-state index < -0.39 is 34.3 Å². The van der Waals surface area contributed by atoms with Crippen LogP contribution in [-0.2, 0) is 6.18 Å².